The minimum Gasteiger partial charge on any atom is -0.453 e. The standard InChI is InChI=1S/C21H28O6/c1-4-20(2,3)19(24)26-14-17(22)25-15-18(23)27-21(12-8-9-13-21)16-10-6-5-7-11-16/h5-7,10-11H,4,8-9,12-15H2,1-3H3. The summed E-state index contributed by atoms with van der Waals surface area (Å²) in [5.74, 6) is -1.85. The smallest absolute Gasteiger partial charge is 0.345 e. The zero-order valence-electron chi connectivity index (χ0n) is 16.3. The molecule has 6 nitrogen and oxygen atoms in total. The van der Waals surface area contributed by atoms with Crippen LogP contribution >= 0.6 is 0 Å². The molecular weight excluding hydrogens is 348 g/mol. The van der Waals surface area contributed by atoms with Crippen LogP contribution in [0.4, 0.5) is 0 Å². The quantitative estimate of drug-likeness (QED) is 0.510. The highest BCUT2D eigenvalue weighted by Gasteiger charge is 2.39. The van der Waals surface area contributed by atoms with Crippen molar-refractivity contribution in [1.29, 1.82) is 0 Å². The van der Waals surface area contributed by atoms with Gasteiger partial charge < -0.3 is 14.2 Å². The Morgan fingerprint density at radius 2 is 1.56 bits per heavy atom. The van der Waals surface area contributed by atoms with Gasteiger partial charge in [0.1, 0.15) is 5.60 Å². The summed E-state index contributed by atoms with van der Waals surface area (Å²) in [6.07, 6.45) is 4.05. The number of esters is 3. The molecule has 0 aliphatic heterocycles. The number of benzene rings is 1. The van der Waals surface area contributed by atoms with E-state index in [0.29, 0.717) is 6.42 Å². The van der Waals surface area contributed by atoms with Gasteiger partial charge in [0.25, 0.3) is 0 Å². The molecule has 0 radical (unpaired) electrons. The largest absolute Gasteiger partial charge is 0.453 e. The molecule has 148 valence electrons. The van der Waals surface area contributed by atoms with Gasteiger partial charge >= 0.3 is 17.9 Å². The summed E-state index contributed by atoms with van der Waals surface area (Å²) in [5, 5.41) is 0. The third kappa shape index (κ3) is 5.55. The average molecular weight is 376 g/mol. The molecule has 0 heterocycles. The number of hydrogen-bond acceptors (Lipinski definition) is 6. The van der Waals surface area contributed by atoms with Crippen molar-refractivity contribution < 1.29 is 28.6 Å². The molecule has 1 fully saturated rings. The van der Waals surface area contributed by atoms with Gasteiger partial charge in [0.05, 0.1) is 5.41 Å². The molecule has 27 heavy (non-hydrogen) atoms. The Bertz CT molecular complexity index is 659. The molecule has 0 atom stereocenters. The second-order valence-corrected chi connectivity index (χ2v) is 7.52. The van der Waals surface area contributed by atoms with Crippen LogP contribution in [-0.4, -0.2) is 31.1 Å². The van der Waals surface area contributed by atoms with E-state index in [2.05, 4.69) is 0 Å². The predicted molar refractivity (Wildman–Crippen MR) is 98.7 cm³/mol. The lowest BCUT2D eigenvalue weighted by Crippen LogP contribution is -2.32. The van der Waals surface area contributed by atoms with Crippen molar-refractivity contribution in [3.8, 4) is 0 Å². The molecule has 0 bridgehead atoms. The van der Waals surface area contributed by atoms with Gasteiger partial charge in [-0.15, -0.1) is 0 Å². The van der Waals surface area contributed by atoms with Crippen molar-refractivity contribution in [1.82, 2.24) is 0 Å². The number of carbonyl (C=O) groups is 3. The Morgan fingerprint density at radius 1 is 0.963 bits per heavy atom. The van der Waals surface area contributed by atoms with Gasteiger partial charge in [-0.2, -0.15) is 0 Å². The minimum absolute atomic E-state index is 0.474. The summed E-state index contributed by atoms with van der Waals surface area (Å²) >= 11 is 0. The molecule has 0 spiro atoms. The van der Waals surface area contributed by atoms with Crippen LogP contribution < -0.4 is 0 Å². The molecule has 1 aromatic carbocycles. The first-order valence-corrected chi connectivity index (χ1v) is 9.39. The van der Waals surface area contributed by atoms with Gasteiger partial charge in [-0.05, 0) is 51.5 Å². The number of rotatable bonds is 8. The highest BCUT2D eigenvalue weighted by Crippen LogP contribution is 2.42. The Hall–Kier alpha value is -2.37. The number of carbonyl (C=O) groups excluding carboxylic acids is 3. The molecule has 6 heteroatoms. The molecule has 0 saturated heterocycles. The van der Waals surface area contributed by atoms with E-state index in [1.165, 1.54) is 0 Å². The first kappa shape index (κ1) is 20.9. The van der Waals surface area contributed by atoms with Crippen molar-refractivity contribution >= 4 is 17.9 Å². The van der Waals surface area contributed by atoms with Crippen LogP contribution in [-0.2, 0) is 34.2 Å². The first-order chi connectivity index (χ1) is 12.8. The highest BCUT2D eigenvalue weighted by molar-refractivity contribution is 5.81. The molecule has 2 rings (SSSR count). The maximum absolute atomic E-state index is 12.2. The summed E-state index contributed by atoms with van der Waals surface area (Å²) < 4.78 is 15.6. The van der Waals surface area contributed by atoms with Gasteiger partial charge in [0, 0.05) is 0 Å². The highest BCUT2D eigenvalue weighted by atomic mass is 16.6. The van der Waals surface area contributed by atoms with E-state index in [-0.39, 0.29) is 0 Å². The maximum atomic E-state index is 12.2. The summed E-state index contributed by atoms with van der Waals surface area (Å²) in [7, 11) is 0. The summed E-state index contributed by atoms with van der Waals surface area (Å²) in [5.41, 5.74) is -0.357. The fourth-order valence-electron chi connectivity index (χ4n) is 3.03. The minimum atomic E-state index is -0.771. The third-order valence-corrected chi connectivity index (χ3v) is 5.13. The monoisotopic (exact) mass is 376 g/mol. The van der Waals surface area contributed by atoms with Crippen molar-refractivity contribution in [3.63, 3.8) is 0 Å². The molecular formula is C21H28O6. The van der Waals surface area contributed by atoms with Crippen molar-refractivity contribution in [2.45, 2.75) is 58.5 Å². The summed E-state index contributed by atoms with van der Waals surface area (Å²) in [4.78, 5) is 35.8. The predicted octanol–water partition coefficient (Wildman–Crippen LogP) is 3.52. The molecule has 0 amide bonds. The van der Waals surface area contributed by atoms with Gasteiger partial charge in [0.15, 0.2) is 13.2 Å². The first-order valence-electron chi connectivity index (χ1n) is 9.39. The van der Waals surface area contributed by atoms with Gasteiger partial charge in [-0.3, -0.25) is 4.79 Å². The zero-order chi connectivity index (χ0) is 19.9. The van der Waals surface area contributed by atoms with E-state index in [1.54, 1.807) is 13.8 Å². The van der Waals surface area contributed by atoms with Crippen molar-refractivity contribution in [3.05, 3.63) is 35.9 Å². The fourth-order valence-corrected chi connectivity index (χ4v) is 3.03. The fraction of sp³-hybridized carbons (Fsp3) is 0.571. The van der Waals surface area contributed by atoms with E-state index in [4.69, 9.17) is 14.2 Å². The van der Waals surface area contributed by atoms with Crippen LogP contribution in [0.3, 0.4) is 0 Å². The normalized spacial score (nSPS) is 15.8. The molecule has 1 aliphatic rings. The van der Waals surface area contributed by atoms with E-state index in [9.17, 15) is 14.4 Å². The Balaban J connectivity index is 1.83. The van der Waals surface area contributed by atoms with E-state index >= 15 is 0 Å². The average Bonchev–Trinajstić information content (AvgIpc) is 3.14. The molecule has 0 aromatic heterocycles. The lowest BCUT2D eigenvalue weighted by atomic mass is 9.91. The van der Waals surface area contributed by atoms with Gasteiger partial charge in [0.2, 0.25) is 0 Å². The van der Waals surface area contributed by atoms with Crippen LogP contribution in [0.25, 0.3) is 0 Å². The Labute approximate surface area is 160 Å². The Morgan fingerprint density at radius 3 is 2.15 bits per heavy atom. The van der Waals surface area contributed by atoms with Crippen LogP contribution in [0.15, 0.2) is 30.3 Å². The summed E-state index contributed by atoms with van der Waals surface area (Å²) in [6.45, 7) is 4.33. The van der Waals surface area contributed by atoms with Crippen LogP contribution in [0.2, 0.25) is 0 Å². The van der Waals surface area contributed by atoms with Crippen LogP contribution in [0.1, 0.15) is 58.4 Å². The lowest BCUT2D eigenvalue weighted by molar-refractivity contribution is -0.174. The molecule has 0 unspecified atom stereocenters. The lowest BCUT2D eigenvalue weighted by Gasteiger charge is -2.29. The van der Waals surface area contributed by atoms with Crippen LogP contribution in [0, 0.1) is 5.41 Å². The second kappa shape index (κ2) is 9.02. The molecule has 1 saturated carbocycles. The third-order valence-electron chi connectivity index (χ3n) is 5.13. The van der Waals surface area contributed by atoms with Crippen molar-refractivity contribution in [2.75, 3.05) is 13.2 Å². The van der Waals surface area contributed by atoms with E-state index < -0.39 is 42.1 Å². The SMILES string of the molecule is CCC(C)(C)C(=O)OCC(=O)OCC(=O)OC1(c2ccccc2)CCCC1. The zero-order valence-corrected chi connectivity index (χ0v) is 16.3. The molecule has 1 aliphatic carbocycles. The topological polar surface area (TPSA) is 78.9 Å². The number of ether oxygens (including phenoxy) is 3. The second-order valence-electron chi connectivity index (χ2n) is 7.52. The molecule has 1 aromatic rings. The number of hydrogen-bond donors (Lipinski definition) is 0. The van der Waals surface area contributed by atoms with E-state index in [0.717, 1.165) is 31.2 Å². The van der Waals surface area contributed by atoms with Crippen molar-refractivity contribution in [2.24, 2.45) is 5.41 Å². The van der Waals surface area contributed by atoms with Gasteiger partial charge in [-0.25, -0.2) is 9.59 Å². The van der Waals surface area contributed by atoms with Crippen LogP contribution in [0.5, 0.6) is 0 Å². The summed E-state index contributed by atoms with van der Waals surface area (Å²) in [6, 6.07) is 9.63. The van der Waals surface area contributed by atoms with E-state index in [1.807, 2.05) is 37.3 Å². The molecule has 0 N–H and O–H groups in total. The maximum Gasteiger partial charge on any atom is 0.345 e. The Kier molecular flexibility index (Phi) is 6.99. The van der Waals surface area contributed by atoms with Gasteiger partial charge in [-0.1, -0.05) is 37.3 Å².